The molecule has 0 spiro atoms. The SMILES string of the molecule is C=C(F)C(=O)N1CCN(c2nc(OC[C@@H]3CCCN3C)nc3c2CCN(c2c(C)ncc4ccccc24)C3)CC1CC#N. The lowest BCUT2D eigenvalue weighted by Gasteiger charge is -2.42. The Morgan fingerprint density at radius 2 is 2.00 bits per heavy atom. The summed E-state index contributed by atoms with van der Waals surface area (Å²) >= 11 is 0. The van der Waals surface area contributed by atoms with Crippen LogP contribution in [0.1, 0.15) is 36.2 Å². The molecule has 0 bridgehead atoms. The van der Waals surface area contributed by atoms with Crippen molar-refractivity contribution in [1.82, 2.24) is 24.8 Å². The molecule has 0 aliphatic carbocycles. The van der Waals surface area contributed by atoms with Gasteiger partial charge < -0.3 is 24.3 Å². The van der Waals surface area contributed by atoms with Crippen LogP contribution in [0.25, 0.3) is 10.8 Å². The Morgan fingerprint density at radius 3 is 2.77 bits per heavy atom. The van der Waals surface area contributed by atoms with Crippen LogP contribution in [-0.4, -0.2) is 89.1 Å². The molecule has 10 nitrogen and oxygen atoms in total. The minimum Gasteiger partial charge on any atom is -0.462 e. The van der Waals surface area contributed by atoms with Crippen molar-refractivity contribution < 1.29 is 13.9 Å². The quantitative estimate of drug-likeness (QED) is 0.384. The molecule has 3 aliphatic heterocycles. The van der Waals surface area contributed by atoms with Gasteiger partial charge in [-0.1, -0.05) is 30.8 Å². The predicted octanol–water partition coefficient (Wildman–Crippen LogP) is 3.78. The van der Waals surface area contributed by atoms with Gasteiger partial charge in [0, 0.05) is 54.8 Å². The van der Waals surface area contributed by atoms with Crippen molar-refractivity contribution in [2.24, 2.45) is 0 Å². The zero-order valence-electron chi connectivity index (χ0n) is 24.8. The summed E-state index contributed by atoms with van der Waals surface area (Å²) < 4.78 is 20.1. The molecule has 11 heteroatoms. The molecule has 1 amide bonds. The smallest absolute Gasteiger partial charge is 0.318 e. The van der Waals surface area contributed by atoms with E-state index in [4.69, 9.17) is 14.7 Å². The van der Waals surface area contributed by atoms with E-state index in [0.717, 1.165) is 65.2 Å². The molecule has 5 heterocycles. The van der Waals surface area contributed by atoms with Crippen LogP contribution >= 0.6 is 0 Å². The number of aromatic nitrogens is 3. The first-order chi connectivity index (χ1) is 20.8. The second kappa shape index (κ2) is 12.1. The second-order valence-electron chi connectivity index (χ2n) is 11.7. The summed E-state index contributed by atoms with van der Waals surface area (Å²) in [5.74, 6) is -1.01. The van der Waals surface area contributed by atoms with E-state index in [0.29, 0.717) is 44.7 Å². The summed E-state index contributed by atoms with van der Waals surface area (Å²) in [6.07, 6.45) is 4.92. The number of aryl methyl sites for hydroxylation is 1. The largest absolute Gasteiger partial charge is 0.462 e. The van der Waals surface area contributed by atoms with Crippen LogP contribution in [-0.2, 0) is 17.8 Å². The van der Waals surface area contributed by atoms with Gasteiger partial charge in [0.15, 0.2) is 5.83 Å². The average Bonchev–Trinajstić information content (AvgIpc) is 3.43. The number of benzene rings is 1. The Hall–Kier alpha value is -4.30. The first kappa shape index (κ1) is 28.8. The fourth-order valence-corrected chi connectivity index (χ4v) is 6.66. The molecular weight excluding hydrogens is 547 g/mol. The predicted molar refractivity (Wildman–Crippen MR) is 163 cm³/mol. The van der Waals surface area contributed by atoms with Crippen LogP contribution < -0.4 is 14.5 Å². The topological polar surface area (TPSA) is 102 Å². The fraction of sp³-hybridized carbons (Fsp3) is 0.469. The lowest BCUT2D eigenvalue weighted by molar-refractivity contribution is -0.131. The molecule has 3 aromatic rings. The second-order valence-corrected chi connectivity index (χ2v) is 11.7. The molecule has 2 atom stereocenters. The summed E-state index contributed by atoms with van der Waals surface area (Å²) in [6.45, 7) is 9.18. The molecule has 6 rings (SSSR count). The van der Waals surface area contributed by atoms with E-state index >= 15 is 0 Å². The van der Waals surface area contributed by atoms with Crippen LogP contribution in [0, 0.1) is 18.3 Å². The molecule has 224 valence electrons. The molecular formula is C32H37FN8O2. The molecule has 3 aliphatic rings. The first-order valence-electron chi connectivity index (χ1n) is 14.9. The maximum absolute atomic E-state index is 13.8. The molecule has 0 radical (unpaired) electrons. The highest BCUT2D eigenvalue weighted by Gasteiger charge is 2.35. The Balaban J connectivity index is 1.34. The molecule has 1 aromatic carbocycles. The lowest BCUT2D eigenvalue weighted by Crippen LogP contribution is -2.55. The Morgan fingerprint density at radius 1 is 1.16 bits per heavy atom. The van der Waals surface area contributed by atoms with E-state index in [2.05, 4.69) is 57.6 Å². The van der Waals surface area contributed by atoms with Gasteiger partial charge in [-0.2, -0.15) is 15.2 Å². The van der Waals surface area contributed by atoms with Crippen molar-refractivity contribution in [1.29, 1.82) is 5.26 Å². The van der Waals surface area contributed by atoms with E-state index in [-0.39, 0.29) is 13.0 Å². The first-order valence-corrected chi connectivity index (χ1v) is 14.9. The van der Waals surface area contributed by atoms with Crippen molar-refractivity contribution in [2.75, 3.05) is 56.2 Å². The van der Waals surface area contributed by atoms with Gasteiger partial charge in [0.05, 0.1) is 42.2 Å². The Labute approximate surface area is 251 Å². The summed E-state index contributed by atoms with van der Waals surface area (Å²) in [5.41, 5.74) is 4.00. The number of piperazine rings is 1. The van der Waals surface area contributed by atoms with Crippen LogP contribution in [0.5, 0.6) is 6.01 Å². The van der Waals surface area contributed by atoms with Crippen LogP contribution in [0.2, 0.25) is 0 Å². The van der Waals surface area contributed by atoms with Gasteiger partial charge in [-0.3, -0.25) is 9.78 Å². The highest BCUT2D eigenvalue weighted by atomic mass is 19.1. The monoisotopic (exact) mass is 584 g/mol. The highest BCUT2D eigenvalue weighted by Crippen LogP contribution is 2.36. The van der Waals surface area contributed by atoms with Crippen molar-refractivity contribution in [3.8, 4) is 12.1 Å². The summed E-state index contributed by atoms with van der Waals surface area (Å²) in [7, 11) is 2.11. The van der Waals surface area contributed by atoms with E-state index in [1.165, 1.54) is 4.90 Å². The lowest BCUT2D eigenvalue weighted by atomic mass is 10.0. The van der Waals surface area contributed by atoms with Crippen LogP contribution in [0.15, 0.2) is 42.9 Å². The number of amides is 1. The van der Waals surface area contributed by atoms with E-state index < -0.39 is 17.8 Å². The molecule has 2 aromatic heterocycles. The van der Waals surface area contributed by atoms with E-state index in [1.807, 2.05) is 19.2 Å². The number of likely N-dealkylation sites (N-methyl/N-ethyl adjacent to an activating group) is 1. The molecule has 2 fully saturated rings. The number of fused-ring (bicyclic) bond motifs is 2. The Kier molecular flexibility index (Phi) is 8.13. The minimum atomic E-state index is -1.01. The number of carbonyl (C=O) groups is 1. The number of nitrogens with zero attached hydrogens (tertiary/aromatic N) is 8. The number of anilines is 2. The standard InChI is InChI=1S/C32H37FN8O2/c1-21(33)31(42)41-16-15-40(18-24(41)10-12-34)30-27-11-14-39(29-22(2)35-17-23-7-4-5-9-26(23)29)19-28(27)36-32(37-30)43-20-25-8-6-13-38(25)3/h4-5,7,9,17,24-25H,1,6,8,10-11,13-16,18-20H2,2-3H3/t24?,25-/m0/s1. The van der Waals surface area contributed by atoms with Crippen molar-refractivity contribution in [3.05, 3.63) is 59.8 Å². The summed E-state index contributed by atoms with van der Waals surface area (Å²) in [6, 6.07) is 10.6. The zero-order valence-corrected chi connectivity index (χ0v) is 24.8. The molecule has 2 saturated heterocycles. The third-order valence-electron chi connectivity index (χ3n) is 8.97. The third kappa shape index (κ3) is 5.71. The number of hydrogen-bond donors (Lipinski definition) is 0. The van der Waals surface area contributed by atoms with Gasteiger partial charge in [-0.25, -0.2) is 4.39 Å². The van der Waals surface area contributed by atoms with Crippen molar-refractivity contribution in [2.45, 2.75) is 51.2 Å². The maximum atomic E-state index is 13.8. The number of carbonyl (C=O) groups excluding carboxylic acids is 1. The number of rotatable bonds is 7. The van der Waals surface area contributed by atoms with Gasteiger partial charge in [0.2, 0.25) is 0 Å². The number of pyridine rings is 1. The highest BCUT2D eigenvalue weighted by molar-refractivity contribution is 5.95. The third-order valence-corrected chi connectivity index (χ3v) is 8.97. The number of ether oxygens (including phenoxy) is 1. The summed E-state index contributed by atoms with van der Waals surface area (Å²) in [4.78, 5) is 35.2. The molecule has 0 saturated carbocycles. The molecule has 1 unspecified atom stereocenters. The van der Waals surface area contributed by atoms with Gasteiger partial charge in [-0.05, 0) is 39.8 Å². The van der Waals surface area contributed by atoms with Gasteiger partial charge >= 0.3 is 6.01 Å². The van der Waals surface area contributed by atoms with Crippen molar-refractivity contribution in [3.63, 3.8) is 0 Å². The average molecular weight is 585 g/mol. The maximum Gasteiger partial charge on any atom is 0.318 e. The number of likely N-dealkylation sites (tertiary alicyclic amines) is 1. The number of nitriles is 1. The van der Waals surface area contributed by atoms with Gasteiger partial charge in [0.25, 0.3) is 5.91 Å². The zero-order chi connectivity index (χ0) is 30.1. The number of hydrogen-bond acceptors (Lipinski definition) is 9. The van der Waals surface area contributed by atoms with Crippen LogP contribution in [0.4, 0.5) is 15.9 Å². The summed E-state index contributed by atoms with van der Waals surface area (Å²) in [5, 5.41) is 11.7. The van der Waals surface area contributed by atoms with E-state index in [9.17, 15) is 14.4 Å². The molecule has 43 heavy (non-hydrogen) atoms. The van der Waals surface area contributed by atoms with Gasteiger partial charge in [0.1, 0.15) is 12.4 Å². The van der Waals surface area contributed by atoms with Gasteiger partial charge in [-0.15, -0.1) is 0 Å². The van der Waals surface area contributed by atoms with Crippen molar-refractivity contribution >= 4 is 28.2 Å². The minimum absolute atomic E-state index is 0.0846. The fourth-order valence-electron chi connectivity index (χ4n) is 6.66. The normalized spacial score (nSPS) is 20.7. The number of halogens is 1. The Bertz CT molecular complexity index is 1590. The van der Waals surface area contributed by atoms with Crippen LogP contribution in [0.3, 0.4) is 0 Å². The van der Waals surface area contributed by atoms with E-state index in [1.54, 1.807) is 0 Å². The molecule has 0 N–H and O–H groups in total.